The molecule has 0 nitrogen and oxygen atoms in total. The van der Waals surface area contributed by atoms with Crippen molar-refractivity contribution in [2.45, 2.75) is 12.6 Å². The molecule has 1 aromatic carbocycles. The highest BCUT2D eigenvalue weighted by molar-refractivity contribution is 9.10. The molecule has 0 aliphatic carbocycles. The van der Waals surface area contributed by atoms with E-state index in [2.05, 4.69) is 15.9 Å². The van der Waals surface area contributed by atoms with E-state index in [-0.39, 0.29) is 4.47 Å². The van der Waals surface area contributed by atoms with Crippen molar-refractivity contribution in [3.8, 4) is 0 Å². The van der Waals surface area contributed by atoms with E-state index < -0.39 is 23.7 Å². The Morgan fingerprint density at radius 3 is 2.07 bits per heavy atom. The van der Waals surface area contributed by atoms with Crippen molar-refractivity contribution in [3.05, 3.63) is 33.8 Å². The summed E-state index contributed by atoms with van der Waals surface area (Å²) in [6.45, 7) is 0. The average molecular weight is 275 g/mol. The molecule has 0 amide bonds. The van der Waals surface area contributed by atoms with Crippen molar-refractivity contribution in [2.75, 3.05) is 0 Å². The second-order valence-electron chi connectivity index (χ2n) is 2.50. The SMILES string of the molecule is FC(F)c1cccc(Br)c1C(F)(F)F. The quantitative estimate of drug-likeness (QED) is 0.666. The zero-order valence-electron chi connectivity index (χ0n) is 6.58. The Hall–Kier alpha value is -0.650. The highest BCUT2D eigenvalue weighted by Crippen LogP contribution is 2.40. The van der Waals surface area contributed by atoms with Crippen LogP contribution in [0.25, 0.3) is 0 Å². The molecular formula is C8H4BrF5. The topological polar surface area (TPSA) is 0 Å². The van der Waals surface area contributed by atoms with E-state index >= 15 is 0 Å². The van der Waals surface area contributed by atoms with Crippen molar-refractivity contribution in [3.63, 3.8) is 0 Å². The Labute approximate surface area is 84.9 Å². The molecule has 0 heterocycles. The van der Waals surface area contributed by atoms with Crippen molar-refractivity contribution < 1.29 is 22.0 Å². The predicted octanol–water partition coefficient (Wildman–Crippen LogP) is 4.41. The number of alkyl halides is 5. The maximum atomic E-state index is 12.3. The first-order valence-corrected chi connectivity index (χ1v) is 4.27. The molecule has 1 aromatic rings. The first-order valence-electron chi connectivity index (χ1n) is 3.48. The molecular weight excluding hydrogens is 271 g/mol. The first kappa shape index (κ1) is 11.4. The van der Waals surface area contributed by atoms with Crippen LogP contribution in [0.4, 0.5) is 22.0 Å². The zero-order chi connectivity index (χ0) is 10.9. The third kappa shape index (κ3) is 2.23. The Morgan fingerprint density at radius 2 is 1.71 bits per heavy atom. The molecule has 6 heteroatoms. The standard InChI is InChI=1S/C8H4BrF5/c9-5-3-1-2-4(7(10)11)6(5)8(12,13)14/h1-3,7H. The molecule has 78 valence electrons. The maximum Gasteiger partial charge on any atom is 0.417 e. The van der Waals surface area contributed by atoms with Gasteiger partial charge in [0.1, 0.15) is 0 Å². The summed E-state index contributed by atoms with van der Waals surface area (Å²) in [5, 5.41) is 0. The summed E-state index contributed by atoms with van der Waals surface area (Å²) in [5.74, 6) is 0. The summed E-state index contributed by atoms with van der Waals surface area (Å²) < 4.78 is 61.0. The van der Waals surface area contributed by atoms with E-state index in [1.807, 2.05) is 0 Å². The minimum atomic E-state index is -4.77. The molecule has 0 aliphatic rings. The third-order valence-corrected chi connectivity index (χ3v) is 2.23. The van der Waals surface area contributed by atoms with Gasteiger partial charge >= 0.3 is 6.18 Å². The second kappa shape index (κ2) is 3.84. The lowest BCUT2D eigenvalue weighted by atomic mass is 10.1. The molecule has 0 saturated heterocycles. The minimum absolute atomic E-state index is 0.372. The summed E-state index contributed by atoms with van der Waals surface area (Å²) in [5.41, 5.74) is -2.32. The smallest absolute Gasteiger partial charge is 0.205 e. The molecule has 0 spiro atoms. The van der Waals surface area contributed by atoms with Crippen LogP contribution in [0.2, 0.25) is 0 Å². The van der Waals surface area contributed by atoms with Crippen LogP contribution in [0.15, 0.2) is 22.7 Å². The highest BCUT2D eigenvalue weighted by Gasteiger charge is 2.37. The van der Waals surface area contributed by atoms with Gasteiger partial charge in [-0.05, 0) is 6.07 Å². The van der Waals surface area contributed by atoms with E-state index in [1.165, 1.54) is 0 Å². The lowest BCUT2D eigenvalue weighted by Gasteiger charge is -2.13. The Morgan fingerprint density at radius 1 is 1.14 bits per heavy atom. The highest BCUT2D eigenvalue weighted by atomic mass is 79.9. The van der Waals surface area contributed by atoms with Gasteiger partial charge in [0.15, 0.2) is 0 Å². The Kier molecular flexibility index (Phi) is 3.14. The Balaban J connectivity index is 3.38. The molecule has 0 N–H and O–H groups in total. The van der Waals surface area contributed by atoms with E-state index in [0.717, 1.165) is 18.2 Å². The van der Waals surface area contributed by atoms with Gasteiger partial charge in [0, 0.05) is 10.0 Å². The summed E-state index contributed by atoms with van der Waals surface area (Å²) in [4.78, 5) is 0. The molecule has 0 atom stereocenters. The van der Waals surface area contributed by atoms with Gasteiger partial charge in [0.05, 0.1) is 5.56 Å². The van der Waals surface area contributed by atoms with Gasteiger partial charge in [-0.15, -0.1) is 0 Å². The van der Waals surface area contributed by atoms with Gasteiger partial charge < -0.3 is 0 Å². The molecule has 0 bridgehead atoms. The molecule has 0 radical (unpaired) electrons. The van der Waals surface area contributed by atoms with Gasteiger partial charge in [0.2, 0.25) is 0 Å². The van der Waals surface area contributed by atoms with Gasteiger partial charge in [0.25, 0.3) is 6.43 Å². The van der Waals surface area contributed by atoms with Crippen molar-refractivity contribution in [1.29, 1.82) is 0 Å². The number of rotatable bonds is 1. The molecule has 14 heavy (non-hydrogen) atoms. The molecule has 1 rings (SSSR count). The van der Waals surface area contributed by atoms with Crippen LogP contribution in [-0.4, -0.2) is 0 Å². The normalized spacial score (nSPS) is 12.2. The van der Waals surface area contributed by atoms with Gasteiger partial charge in [-0.1, -0.05) is 28.1 Å². The minimum Gasteiger partial charge on any atom is -0.205 e. The van der Waals surface area contributed by atoms with Crippen LogP contribution in [0.1, 0.15) is 17.6 Å². The average Bonchev–Trinajstić information content (AvgIpc) is 2.01. The number of hydrogen-bond donors (Lipinski definition) is 0. The molecule has 0 aliphatic heterocycles. The molecule has 0 aromatic heterocycles. The fourth-order valence-corrected chi connectivity index (χ4v) is 1.63. The zero-order valence-corrected chi connectivity index (χ0v) is 8.16. The van der Waals surface area contributed by atoms with Crippen molar-refractivity contribution in [1.82, 2.24) is 0 Å². The summed E-state index contributed by atoms with van der Waals surface area (Å²) in [7, 11) is 0. The van der Waals surface area contributed by atoms with Crippen LogP contribution in [-0.2, 0) is 6.18 Å². The summed E-state index contributed by atoms with van der Waals surface area (Å²) >= 11 is 2.60. The third-order valence-electron chi connectivity index (χ3n) is 1.56. The van der Waals surface area contributed by atoms with Gasteiger partial charge in [-0.3, -0.25) is 0 Å². The van der Waals surface area contributed by atoms with Gasteiger partial charge in [-0.25, -0.2) is 8.78 Å². The van der Waals surface area contributed by atoms with Crippen LogP contribution < -0.4 is 0 Å². The van der Waals surface area contributed by atoms with E-state index in [0.29, 0.717) is 0 Å². The number of halogens is 6. The van der Waals surface area contributed by atoms with Crippen molar-refractivity contribution in [2.24, 2.45) is 0 Å². The monoisotopic (exact) mass is 274 g/mol. The number of hydrogen-bond acceptors (Lipinski definition) is 0. The van der Waals surface area contributed by atoms with Crippen LogP contribution >= 0.6 is 15.9 Å². The largest absolute Gasteiger partial charge is 0.417 e. The maximum absolute atomic E-state index is 12.3. The fourth-order valence-electron chi connectivity index (χ4n) is 1.02. The lowest BCUT2D eigenvalue weighted by Crippen LogP contribution is -2.10. The van der Waals surface area contributed by atoms with E-state index in [1.54, 1.807) is 0 Å². The Bertz CT molecular complexity index is 331. The summed E-state index contributed by atoms with van der Waals surface area (Å²) in [6.07, 6.45) is -7.91. The molecule has 0 fully saturated rings. The first-order chi connectivity index (χ1) is 6.34. The fraction of sp³-hybridized carbons (Fsp3) is 0.250. The van der Waals surface area contributed by atoms with Gasteiger partial charge in [-0.2, -0.15) is 13.2 Å². The van der Waals surface area contributed by atoms with Crippen LogP contribution in [0.3, 0.4) is 0 Å². The molecule has 0 saturated carbocycles. The van der Waals surface area contributed by atoms with Crippen LogP contribution in [0, 0.1) is 0 Å². The van der Waals surface area contributed by atoms with Crippen molar-refractivity contribution >= 4 is 15.9 Å². The summed E-state index contributed by atoms with van der Waals surface area (Å²) in [6, 6.07) is 2.98. The van der Waals surface area contributed by atoms with Crippen LogP contribution in [0.5, 0.6) is 0 Å². The second-order valence-corrected chi connectivity index (χ2v) is 3.36. The lowest BCUT2D eigenvalue weighted by molar-refractivity contribution is -0.140. The van der Waals surface area contributed by atoms with E-state index in [9.17, 15) is 22.0 Å². The molecule has 0 unspecified atom stereocenters. The van der Waals surface area contributed by atoms with E-state index in [4.69, 9.17) is 0 Å². The number of benzene rings is 1. The predicted molar refractivity (Wildman–Crippen MR) is 44.1 cm³/mol.